The predicted molar refractivity (Wildman–Crippen MR) is 153 cm³/mol. The van der Waals surface area contributed by atoms with Crippen molar-refractivity contribution in [3.63, 3.8) is 0 Å². The topological polar surface area (TPSA) is 141 Å². The first kappa shape index (κ1) is 29.7. The molecule has 0 spiro atoms. The molecule has 14 heteroatoms. The fourth-order valence-corrected chi connectivity index (χ4v) is 5.15. The third-order valence-corrected chi connectivity index (χ3v) is 7.17. The quantitative estimate of drug-likeness (QED) is 0.306. The fraction of sp³-hybridized carbons (Fsp3) is 0.379. The lowest BCUT2D eigenvalue weighted by Crippen LogP contribution is -2.49. The Bertz CT molecular complexity index is 1660. The molecule has 4 heterocycles. The number of fused-ring (bicyclic) bond motifs is 1. The van der Waals surface area contributed by atoms with E-state index in [2.05, 4.69) is 20.3 Å². The van der Waals surface area contributed by atoms with Crippen molar-refractivity contribution in [3.8, 4) is 11.3 Å². The molecule has 3 N–H and O–H groups in total. The predicted octanol–water partition coefficient (Wildman–Crippen LogP) is 5.70. The fourth-order valence-electron chi connectivity index (χ4n) is 5.15. The Hall–Kier alpha value is -4.75. The zero-order valence-corrected chi connectivity index (χ0v) is 24.0. The van der Waals surface area contributed by atoms with Gasteiger partial charge in [0.15, 0.2) is 5.65 Å². The van der Waals surface area contributed by atoms with Crippen LogP contribution >= 0.6 is 0 Å². The van der Waals surface area contributed by atoms with E-state index in [4.69, 9.17) is 15.6 Å². The number of rotatable bonds is 4. The highest BCUT2D eigenvalue weighted by Crippen LogP contribution is 2.37. The number of aromatic nitrogens is 5. The van der Waals surface area contributed by atoms with Gasteiger partial charge in [-0.25, -0.2) is 24.4 Å². The van der Waals surface area contributed by atoms with Gasteiger partial charge in [-0.1, -0.05) is 12.1 Å². The largest absolute Gasteiger partial charge is 0.444 e. The molecule has 1 aromatic carbocycles. The average molecular weight is 597 g/mol. The summed E-state index contributed by atoms with van der Waals surface area (Å²) in [6, 6.07) is 7.67. The van der Waals surface area contributed by atoms with E-state index in [9.17, 15) is 22.8 Å². The van der Waals surface area contributed by atoms with Gasteiger partial charge in [0.1, 0.15) is 29.3 Å². The van der Waals surface area contributed by atoms with Crippen LogP contribution in [0.15, 0.2) is 48.9 Å². The van der Waals surface area contributed by atoms with Crippen LogP contribution in [0.4, 0.5) is 29.6 Å². The summed E-state index contributed by atoms with van der Waals surface area (Å²) in [5.41, 5.74) is 6.24. The number of carbonyl (C=O) groups is 2. The van der Waals surface area contributed by atoms with Gasteiger partial charge >= 0.3 is 12.3 Å². The maximum Gasteiger partial charge on any atom is 0.419 e. The molecule has 0 saturated carbocycles. The Morgan fingerprint density at radius 2 is 1.79 bits per heavy atom. The summed E-state index contributed by atoms with van der Waals surface area (Å²) >= 11 is 0. The zero-order chi connectivity index (χ0) is 31.1. The van der Waals surface area contributed by atoms with Crippen molar-refractivity contribution in [2.45, 2.75) is 64.4 Å². The molecule has 2 atom stereocenters. The van der Waals surface area contributed by atoms with Crippen molar-refractivity contribution in [2.24, 2.45) is 0 Å². The van der Waals surface area contributed by atoms with Crippen LogP contribution in [-0.2, 0) is 10.9 Å². The highest BCUT2D eigenvalue weighted by Gasteiger charge is 2.37. The molecular formula is C29H31F3N8O3. The summed E-state index contributed by atoms with van der Waals surface area (Å²) in [5.74, 6) is -1.14. The lowest BCUT2D eigenvalue weighted by molar-refractivity contribution is -0.137. The number of alkyl halides is 3. The Morgan fingerprint density at radius 1 is 1.07 bits per heavy atom. The number of nitrogens with one attached hydrogen (secondary N) is 1. The van der Waals surface area contributed by atoms with Gasteiger partial charge in [0, 0.05) is 23.9 Å². The van der Waals surface area contributed by atoms with Gasteiger partial charge in [-0.3, -0.25) is 4.79 Å². The molecular weight excluding hydrogens is 565 g/mol. The SMILES string of the molecule is C[C@@H]1C(n2nc(-c3ccc(C(=O)Nc4ncccc4C(F)(F)F)cc3)c3c(N)ncnc32)CCCN1C(=O)OC(C)(C)C. The molecule has 226 valence electrons. The van der Waals surface area contributed by atoms with E-state index in [0.717, 1.165) is 25.0 Å². The monoisotopic (exact) mass is 596 g/mol. The molecule has 1 fully saturated rings. The Kier molecular flexibility index (Phi) is 7.71. The van der Waals surface area contributed by atoms with Crippen LogP contribution in [0.1, 0.15) is 62.5 Å². The highest BCUT2D eigenvalue weighted by atomic mass is 19.4. The van der Waals surface area contributed by atoms with Gasteiger partial charge in [-0.15, -0.1) is 0 Å². The van der Waals surface area contributed by atoms with Crippen molar-refractivity contribution in [3.05, 3.63) is 60.0 Å². The van der Waals surface area contributed by atoms with Crippen LogP contribution in [0.25, 0.3) is 22.3 Å². The number of benzene rings is 1. The molecule has 2 amide bonds. The van der Waals surface area contributed by atoms with E-state index in [1.165, 1.54) is 24.7 Å². The van der Waals surface area contributed by atoms with Crippen LogP contribution in [0.2, 0.25) is 0 Å². The number of amides is 2. The van der Waals surface area contributed by atoms with Gasteiger partial charge in [-0.05, 0) is 64.8 Å². The molecule has 0 aliphatic carbocycles. The number of nitrogens with two attached hydrogens (primary N) is 1. The number of likely N-dealkylation sites (tertiary alicyclic amines) is 1. The van der Waals surface area contributed by atoms with E-state index >= 15 is 0 Å². The molecule has 4 aromatic rings. The van der Waals surface area contributed by atoms with Gasteiger partial charge in [0.05, 0.1) is 23.0 Å². The molecule has 43 heavy (non-hydrogen) atoms. The minimum atomic E-state index is -4.68. The third-order valence-electron chi connectivity index (χ3n) is 7.17. The Morgan fingerprint density at radius 3 is 2.47 bits per heavy atom. The van der Waals surface area contributed by atoms with Gasteiger partial charge in [0.2, 0.25) is 0 Å². The standard InChI is InChI=1S/C29H31F3N8O3/c1-16-20(8-6-14-39(16)27(42)43-28(2,3)4)40-25-21(23(33)35-15-36-25)22(38-40)17-9-11-18(12-10-17)26(41)37-24-19(29(30,31)32)7-5-13-34-24/h5,7,9-13,15-16,20H,6,8,14H2,1-4H3,(H2,33,35,36)(H,34,37,41)/t16-,20?/m1/s1. The highest BCUT2D eigenvalue weighted by molar-refractivity contribution is 6.05. The molecule has 11 nitrogen and oxygen atoms in total. The molecule has 1 aliphatic heterocycles. The summed E-state index contributed by atoms with van der Waals surface area (Å²) in [5, 5.41) is 7.61. The Balaban J connectivity index is 1.45. The number of anilines is 2. The summed E-state index contributed by atoms with van der Waals surface area (Å²) in [7, 11) is 0. The number of hydrogen-bond acceptors (Lipinski definition) is 8. The van der Waals surface area contributed by atoms with Crippen molar-refractivity contribution >= 4 is 34.7 Å². The van der Waals surface area contributed by atoms with Gasteiger partial charge < -0.3 is 20.7 Å². The number of piperidine rings is 1. The van der Waals surface area contributed by atoms with Crippen LogP contribution < -0.4 is 11.1 Å². The van der Waals surface area contributed by atoms with E-state index in [1.807, 2.05) is 27.7 Å². The van der Waals surface area contributed by atoms with Crippen LogP contribution in [-0.4, -0.2) is 59.8 Å². The van der Waals surface area contributed by atoms with E-state index in [1.54, 1.807) is 21.7 Å². The maximum atomic E-state index is 13.3. The first-order valence-corrected chi connectivity index (χ1v) is 13.7. The van der Waals surface area contributed by atoms with E-state index < -0.39 is 35.2 Å². The second-order valence-electron chi connectivity index (χ2n) is 11.3. The van der Waals surface area contributed by atoms with Crippen molar-refractivity contribution in [1.82, 2.24) is 29.6 Å². The van der Waals surface area contributed by atoms with E-state index in [-0.39, 0.29) is 23.5 Å². The molecule has 1 unspecified atom stereocenters. The van der Waals surface area contributed by atoms with Crippen molar-refractivity contribution in [1.29, 1.82) is 0 Å². The lowest BCUT2D eigenvalue weighted by atomic mass is 9.98. The van der Waals surface area contributed by atoms with Gasteiger partial charge in [-0.2, -0.15) is 18.3 Å². The number of ether oxygens (including phenoxy) is 1. The zero-order valence-electron chi connectivity index (χ0n) is 24.0. The number of carbonyl (C=O) groups excluding carboxylic acids is 2. The van der Waals surface area contributed by atoms with Crippen molar-refractivity contribution < 1.29 is 27.5 Å². The number of nitrogen functional groups attached to an aromatic ring is 1. The minimum absolute atomic E-state index is 0.115. The second-order valence-corrected chi connectivity index (χ2v) is 11.3. The van der Waals surface area contributed by atoms with Gasteiger partial charge in [0.25, 0.3) is 5.91 Å². The number of hydrogen-bond donors (Lipinski definition) is 2. The normalized spacial score (nSPS) is 17.6. The van der Waals surface area contributed by atoms with Crippen LogP contribution in [0.5, 0.6) is 0 Å². The number of halogens is 3. The third kappa shape index (κ3) is 6.08. The van der Waals surface area contributed by atoms with Crippen LogP contribution in [0, 0.1) is 0 Å². The first-order valence-electron chi connectivity index (χ1n) is 13.7. The summed E-state index contributed by atoms with van der Waals surface area (Å²) in [6.45, 7) is 7.93. The summed E-state index contributed by atoms with van der Waals surface area (Å²) in [6.07, 6.45) is -1.12. The number of nitrogens with zero attached hydrogens (tertiary/aromatic N) is 6. The molecule has 5 rings (SSSR count). The maximum absolute atomic E-state index is 13.3. The van der Waals surface area contributed by atoms with Crippen LogP contribution in [0.3, 0.4) is 0 Å². The average Bonchev–Trinajstić information content (AvgIpc) is 3.33. The van der Waals surface area contributed by atoms with E-state index in [0.29, 0.717) is 28.8 Å². The summed E-state index contributed by atoms with van der Waals surface area (Å²) in [4.78, 5) is 39.7. The van der Waals surface area contributed by atoms with Crippen molar-refractivity contribution in [2.75, 3.05) is 17.6 Å². The minimum Gasteiger partial charge on any atom is -0.444 e. The lowest BCUT2D eigenvalue weighted by Gasteiger charge is -2.39. The first-order chi connectivity index (χ1) is 20.2. The Labute approximate surface area is 245 Å². The smallest absolute Gasteiger partial charge is 0.419 e. The molecule has 0 bridgehead atoms. The molecule has 0 radical (unpaired) electrons. The number of pyridine rings is 1. The molecule has 1 saturated heterocycles. The second kappa shape index (κ2) is 11.2. The molecule has 3 aromatic heterocycles. The summed E-state index contributed by atoms with van der Waals surface area (Å²) < 4.78 is 47.4. The molecule has 1 aliphatic rings.